The first-order valence-electron chi connectivity index (χ1n) is 10.3. The fourth-order valence-corrected chi connectivity index (χ4v) is 4.36. The molecule has 152 valence electrons. The molecule has 1 fully saturated rings. The monoisotopic (exact) mass is 409 g/mol. The normalized spacial score (nSPS) is 19.5. The number of rotatable bonds is 8. The second kappa shape index (κ2) is 10.4. The average Bonchev–Trinajstić information content (AvgIpc) is 3.21. The molecule has 3 rings (SSSR count). The summed E-state index contributed by atoms with van der Waals surface area (Å²) in [6.07, 6.45) is 4.83. The van der Waals surface area contributed by atoms with Crippen molar-refractivity contribution in [1.82, 2.24) is 10.6 Å². The van der Waals surface area contributed by atoms with Crippen LogP contribution in [0.2, 0.25) is 5.02 Å². The molecule has 2 aromatic carbocycles. The van der Waals surface area contributed by atoms with Crippen molar-refractivity contribution in [2.75, 3.05) is 13.1 Å². The average molecular weight is 410 g/mol. The fraction of sp³-hybridized carbons (Fsp3) is 0.417. The van der Waals surface area contributed by atoms with Crippen LogP contribution in [0, 0.1) is 17.2 Å². The highest BCUT2D eigenvalue weighted by Gasteiger charge is 2.25. The van der Waals surface area contributed by atoms with Gasteiger partial charge in [-0.2, -0.15) is 5.26 Å². The van der Waals surface area contributed by atoms with Gasteiger partial charge in [0.25, 0.3) is 5.91 Å². The number of halogens is 1. The second-order valence-electron chi connectivity index (χ2n) is 7.86. The third-order valence-corrected chi connectivity index (χ3v) is 6.10. The number of nitrogens with one attached hydrogen (secondary N) is 2. The Labute approximate surface area is 178 Å². The molecule has 1 saturated carbocycles. The molecule has 0 aromatic heterocycles. The van der Waals surface area contributed by atoms with Crippen molar-refractivity contribution in [3.8, 4) is 6.07 Å². The van der Waals surface area contributed by atoms with Crippen LogP contribution in [0.15, 0.2) is 48.5 Å². The van der Waals surface area contributed by atoms with Crippen LogP contribution in [0.1, 0.15) is 66.1 Å². The standard InChI is InChI=1S/C24H28ClN3O/c1-17(21-3-2-4-23(25)16-21)27-13-11-18-5-6-22(15-18)19-7-9-20(10-8-19)24(29)28-14-12-26/h2-4,7-10,16-18,22,27H,5-6,11,13-15H2,1H3,(H,28,29)/t17-,18?,22+/m1/s1. The van der Waals surface area contributed by atoms with E-state index in [1.165, 1.54) is 36.8 Å². The zero-order valence-electron chi connectivity index (χ0n) is 16.8. The molecule has 1 amide bonds. The maximum absolute atomic E-state index is 11.9. The van der Waals surface area contributed by atoms with Gasteiger partial charge in [-0.25, -0.2) is 0 Å². The molecule has 5 heteroatoms. The number of hydrogen-bond acceptors (Lipinski definition) is 3. The molecule has 1 aliphatic carbocycles. The minimum Gasteiger partial charge on any atom is -0.339 e. The number of benzene rings is 2. The van der Waals surface area contributed by atoms with E-state index in [2.05, 4.69) is 35.8 Å². The predicted octanol–water partition coefficient (Wildman–Crippen LogP) is 5.22. The molecule has 0 radical (unpaired) electrons. The number of nitrogens with zero attached hydrogens (tertiary/aromatic N) is 1. The van der Waals surface area contributed by atoms with Crippen LogP contribution in [0.3, 0.4) is 0 Å². The van der Waals surface area contributed by atoms with E-state index in [1.807, 2.05) is 36.4 Å². The summed E-state index contributed by atoms with van der Waals surface area (Å²) in [4.78, 5) is 11.9. The molecule has 4 nitrogen and oxygen atoms in total. The molecule has 29 heavy (non-hydrogen) atoms. The van der Waals surface area contributed by atoms with Gasteiger partial charge in [-0.05, 0) is 86.4 Å². The van der Waals surface area contributed by atoms with E-state index in [1.54, 1.807) is 0 Å². The molecule has 0 aliphatic heterocycles. The summed E-state index contributed by atoms with van der Waals surface area (Å²) in [5.74, 6) is 1.11. The maximum atomic E-state index is 11.9. The molecule has 1 aliphatic rings. The topological polar surface area (TPSA) is 64.9 Å². The van der Waals surface area contributed by atoms with E-state index >= 15 is 0 Å². The lowest BCUT2D eigenvalue weighted by Crippen LogP contribution is -2.23. The first kappa shape index (κ1) is 21.4. The third-order valence-electron chi connectivity index (χ3n) is 5.87. The summed E-state index contributed by atoms with van der Waals surface area (Å²) in [6.45, 7) is 3.22. The number of carbonyl (C=O) groups is 1. The third kappa shape index (κ3) is 6.06. The molecule has 1 unspecified atom stereocenters. The van der Waals surface area contributed by atoms with Crippen LogP contribution >= 0.6 is 11.6 Å². The SMILES string of the molecule is C[C@@H](NCCC1CC[C@H](c2ccc(C(=O)NCC#N)cc2)C1)c1cccc(Cl)c1. The minimum absolute atomic E-state index is 0.0366. The first-order valence-corrected chi connectivity index (χ1v) is 10.7. The van der Waals surface area contributed by atoms with Crippen molar-refractivity contribution in [1.29, 1.82) is 5.26 Å². The van der Waals surface area contributed by atoms with Crippen LogP contribution in [0.4, 0.5) is 0 Å². The summed E-state index contributed by atoms with van der Waals surface area (Å²) < 4.78 is 0. The molecule has 2 aromatic rings. The Hall–Kier alpha value is -2.35. The van der Waals surface area contributed by atoms with E-state index in [9.17, 15) is 4.79 Å². The smallest absolute Gasteiger partial charge is 0.252 e. The highest BCUT2D eigenvalue weighted by atomic mass is 35.5. The van der Waals surface area contributed by atoms with Gasteiger partial charge in [-0.1, -0.05) is 35.9 Å². The van der Waals surface area contributed by atoms with Crippen LogP contribution in [0.5, 0.6) is 0 Å². The van der Waals surface area contributed by atoms with Crippen molar-refractivity contribution >= 4 is 17.5 Å². The van der Waals surface area contributed by atoms with Gasteiger partial charge in [-0.3, -0.25) is 4.79 Å². The Bertz CT molecular complexity index is 859. The number of hydrogen-bond donors (Lipinski definition) is 2. The molecule has 0 heterocycles. The van der Waals surface area contributed by atoms with E-state index in [0.717, 1.165) is 17.5 Å². The zero-order valence-corrected chi connectivity index (χ0v) is 17.6. The largest absolute Gasteiger partial charge is 0.339 e. The van der Waals surface area contributed by atoms with Crippen LogP contribution in [-0.2, 0) is 0 Å². The van der Waals surface area contributed by atoms with Gasteiger partial charge in [0.15, 0.2) is 0 Å². The summed E-state index contributed by atoms with van der Waals surface area (Å²) in [7, 11) is 0. The van der Waals surface area contributed by atoms with Crippen molar-refractivity contribution in [3.05, 3.63) is 70.2 Å². The Morgan fingerprint density at radius 1 is 1.24 bits per heavy atom. The Balaban J connectivity index is 1.44. The lowest BCUT2D eigenvalue weighted by molar-refractivity contribution is 0.0958. The zero-order chi connectivity index (χ0) is 20.6. The van der Waals surface area contributed by atoms with E-state index in [-0.39, 0.29) is 12.5 Å². The fourth-order valence-electron chi connectivity index (χ4n) is 4.17. The highest BCUT2D eigenvalue weighted by Crippen LogP contribution is 2.39. The molecule has 2 N–H and O–H groups in total. The minimum atomic E-state index is -0.192. The Kier molecular flexibility index (Phi) is 7.69. The number of carbonyl (C=O) groups excluding carboxylic acids is 1. The van der Waals surface area contributed by atoms with E-state index in [0.29, 0.717) is 17.5 Å². The van der Waals surface area contributed by atoms with Gasteiger partial charge in [0.2, 0.25) is 0 Å². The molecular weight excluding hydrogens is 382 g/mol. The molecule has 0 saturated heterocycles. The van der Waals surface area contributed by atoms with Gasteiger partial charge in [0.1, 0.15) is 6.54 Å². The van der Waals surface area contributed by atoms with Crippen LogP contribution in [-0.4, -0.2) is 19.0 Å². The first-order chi connectivity index (χ1) is 14.1. The predicted molar refractivity (Wildman–Crippen MR) is 117 cm³/mol. The summed E-state index contributed by atoms with van der Waals surface area (Å²) >= 11 is 6.09. The number of nitriles is 1. The van der Waals surface area contributed by atoms with Gasteiger partial charge >= 0.3 is 0 Å². The summed E-state index contributed by atoms with van der Waals surface area (Å²) in [5.41, 5.74) is 3.14. The van der Waals surface area contributed by atoms with Gasteiger partial charge in [0.05, 0.1) is 6.07 Å². The van der Waals surface area contributed by atoms with Gasteiger partial charge in [-0.15, -0.1) is 0 Å². The summed E-state index contributed by atoms with van der Waals surface area (Å²) in [5, 5.41) is 15.5. The van der Waals surface area contributed by atoms with Crippen molar-refractivity contribution in [3.63, 3.8) is 0 Å². The molecule has 0 spiro atoms. The molecular formula is C24H28ClN3O. The van der Waals surface area contributed by atoms with Crippen LogP contribution in [0.25, 0.3) is 0 Å². The second-order valence-corrected chi connectivity index (χ2v) is 8.29. The van der Waals surface area contributed by atoms with Crippen molar-refractivity contribution < 1.29 is 4.79 Å². The van der Waals surface area contributed by atoms with Gasteiger partial charge in [0, 0.05) is 16.6 Å². The summed E-state index contributed by atoms with van der Waals surface area (Å²) in [6, 6.07) is 18.1. The quantitative estimate of drug-likeness (QED) is 0.587. The van der Waals surface area contributed by atoms with Crippen molar-refractivity contribution in [2.24, 2.45) is 5.92 Å². The maximum Gasteiger partial charge on any atom is 0.252 e. The van der Waals surface area contributed by atoms with E-state index in [4.69, 9.17) is 16.9 Å². The number of amides is 1. The Morgan fingerprint density at radius 3 is 2.76 bits per heavy atom. The van der Waals surface area contributed by atoms with Crippen molar-refractivity contribution in [2.45, 2.75) is 44.6 Å². The molecule has 0 bridgehead atoms. The lowest BCUT2D eigenvalue weighted by Gasteiger charge is -2.17. The van der Waals surface area contributed by atoms with Crippen LogP contribution < -0.4 is 10.6 Å². The lowest BCUT2D eigenvalue weighted by atomic mass is 9.94. The Morgan fingerprint density at radius 2 is 2.03 bits per heavy atom. The molecule has 3 atom stereocenters. The van der Waals surface area contributed by atoms with E-state index < -0.39 is 0 Å². The van der Waals surface area contributed by atoms with Gasteiger partial charge < -0.3 is 10.6 Å². The highest BCUT2D eigenvalue weighted by molar-refractivity contribution is 6.30.